The van der Waals surface area contributed by atoms with Crippen molar-refractivity contribution < 1.29 is 22.4 Å². The number of sulfonamides is 1. The van der Waals surface area contributed by atoms with Gasteiger partial charge in [0.25, 0.3) is 5.91 Å². The van der Waals surface area contributed by atoms with Crippen LogP contribution >= 0.6 is 0 Å². The Hall–Kier alpha value is -3.17. The van der Waals surface area contributed by atoms with E-state index in [-0.39, 0.29) is 11.5 Å². The maximum atomic E-state index is 12.3. The molecule has 0 radical (unpaired) electrons. The quantitative estimate of drug-likeness (QED) is 0.619. The molecule has 0 saturated heterocycles. The first kappa shape index (κ1) is 20.6. The van der Waals surface area contributed by atoms with E-state index in [0.717, 1.165) is 9.69 Å². The van der Waals surface area contributed by atoms with Crippen LogP contribution < -0.4 is 15.7 Å². The van der Waals surface area contributed by atoms with Gasteiger partial charge in [0.2, 0.25) is 10.0 Å². The molecular formula is C20H20N2O6S. The van der Waals surface area contributed by atoms with Crippen molar-refractivity contribution in [2.24, 2.45) is 0 Å². The first-order valence-corrected chi connectivity index (χ1v) is 10.1. The van der Waals surface area contributed by atoms with Crippen LogP contribution in [0.1, 0.15) is 5.56 Å². The number of hydrogen-bond acceptors (Lipinski definition) is 6. The second-order valence-electron chi connectivity index (χ2n) is 6.56. The predicted molar refractivity (Wildman–Crippen MR) is 109 cm³/mol. The van der Waals surface area contributed by atoms with E-state index in [4.69, 9.17) is 9.15 Å². The first-order chi connectivity index (χ1) is 13.7. The molecule has 0 atom stereocenters. The van der Waals surface area contributed by atoms with E-state index < -0.39 is 21.6 Å². The Morgan fingerprint density at radius 3 is 2.55 bits per heavy atom. The second kappa shape index (κ2) is 8.06. The number of carbonyl (C=O) groups excluding carboxylic acids is 1. The molecule has 9 heteroatoms. The number of amides is 1. The Morgan fingerprint density at radius 1 is 1.10 bits per heavy atom. The van der Waals surface area contributed by atoms with Gasteiger partial charge in [-0.1, -0.05) is 6.07 Å². The van der Waals surface area contributed by atoms with E-state index in [1.165, 1.54) is 38.4 Å². The van der Waals surface area contributed by atoms with Gasteiger partial charge in [0.1, 0.15) is 11.3 Å². The second-order valence-corrected chi connectivity index (χ2v) is 8.71. The van der Waals surface area contributed by atoms with Crippen molar-refractivity contribution in [1.82, 2.24) is 4.31 Å². The van der Waals surface area contributed by atoms with Crippen molar-refractivity contribution in [3.63, 3.8) is 0 Å². The van der Waals surface area contributed by atoms with Gasteiger partial charge in [-0.05, 0) is 42.8 Å². The zero-order valence-corrected chi connectivity index (χ0v) is 16.9. The SMILES string of the molecule is Cc1ccc(S(=O)(=O)N(C)C)cc1NC(=O)COc1ccc2ccc(=O)oc2c1. The summed E-state index contributed by atoms with van der Waals surface area (Å²) in [5.74, 6) is -0.0928. The maximum absolute atomic E-state index is 12.3. The maximum Gasteiger partial charge on any atom is 0.336 e. The standard InChI is InChI=1S/C20H20N2O6S/c1-13-4-8-16(29(25,26)22(2)3)11-17(13)21-19(23)12-27-15-7-5-14-6-9-20(24)28-18(14)10-15/h4-11H,12H2,1-3H3,(H,21,23). The summed E-state index contributed by atoms with van der Waals surface area (Å²) < 4.78 is 36.2. The van der Waals surface area contributed by atoms with Gasteiger partial charge in [-0.3, -0.25) is 4.79 Å². The van der Waals surface area contributed by atoms with Crippen LogP contribution in [-0.4, -0.2) is 39.3 Å². The Bertz CT molecular complexity index is 1230. The van der Waals surface area contributed by atoms with Crippen LogP contribution in [0.3, 0.4) is 0 Å². The molecule has 0 fully saturated rings. The average Bonchev–Trinajstić information content (AvgIpc) is 2.67. The van der Waals surface area contributed by atoms with Gasteiger partial charge in [-0.2, -0.15) is 0 Å². The highest BCUT2D eigenvalue weighted by molar-refractivity contribution is 7.89. The molecule has 1 heterocycles. The normalized spacial score (nSPS) is 11.6. The lowest BCUT2D eigenvalue weighted by atomic mass is 10.2. The molecular weight excluding hydrogens is 396 g/mol. The molecule has 0 saturated carbocycles. The number of carbonyl (C=O) groups is 1. The number of fused-ring (bicyclic) bond motifs is 1. The van der Waals surface area contributed by atoms with E-state index in [1.807, 2.05) is 0 Å². The third-order valence-electron chi connectivity index (χ3n) is 4.23. The molecule has 29 heavy (non-hydrogen) atoms. The van der Waals surface area contributed by atoms with E-state index in [9.17, 15) is 18.0 Å². The zero-order chi connectivity index (χ0) is 21.2. The summed E-state index contributed by atoms with van der Waals surface area (Å²) in [6.07, 6.45) is 0. The largest absolute Gasteiger partial charge is 0.484 e. The predicted octanol–water partition coefficient (Wildman–Crippen LogP) is 2.37. The van der Waals surface area contributed by atoms with Crippen molar-refractivity contribution in [3.05, 3.63) is 64.5 Å². The molecule has 0 aliphatic rings. The molecule has 3 aromatic rings. The fourth-order valence-corrected chi connectivity index (χ4v) is 3.50. The van der Waals surface area contributed by atoms with Gasteiger partial charge in [-0.15, -0.1) is 0 Å². The molecule has 0 unspecified atom stereocenters. The fraction of sp³-hybridized carbons (Fsp3) is 0.200. The Kier molecular flexibility index (Phi) is 5.71. The number of aryl methyl sites for hydroxylation is 1. The molecule has 3 rings (SSSR count). The first-order valence-electron chi connectivity index (χ1n) is 8.66. The van der Waals surface area contributed by atoms with Gasteiger partial charge in [0, 0.05) is 37.3 Å². The van der Waals surface area contributed by atoms with Crippen molar-refractivity contribution in [3.8, 4) is 5.75 Å². The molecule has 0 aliphatic carbocycles. The van der Waals surface area contributed by atoms with Gasteiger partial charge >= 0.3 is 5.63 Å². The van der Waals surface area contributed by atoms with E-state index in [0.29, 0.717) is 22.6 Å². The van der Waals surface area contributed by atoms with E-state index in [1.54, 1.807) is 31.2 Å². The lowest BCUT2D eigenvalue weighted by Crippen LogP contribution is -2.23. The number of anilines is 1. The monoisotopic (exact) mass is 416 g/mol. The number of nitrogens with one attached hydrogen (secondary N) is 1. The lowest BCUT2D eigenvalue weighted by Gasteiger charge is -2.14. The minimum Gasteiger partial charge on any atom is -0.484 e. The molecule has 0 aliphatic heterocycles. The minimum absolute atomic E-state index is 0.0777. The topological polar surface area (TPSA) is 106 Å². The average molecular weight is 416 g/mol. The van der Waals surface area contributed by atoms with Gasteiger partial charge in [0.15, 0.2) is 6.61 Å². The molecule has 1 aromatic heterocycles. The molecule has 0 bridgehead atoms. The van der Waals surface area contributed by atoms with Crippen LogP contribution in [0.5, 0.6) is 5.75 Å². The summed E-state index contributed by atoms with van der Waals surface area (Å²) in [6, 6.07) is 12.4. The third-order valence-corrected chi connectivity index (χ3v) is 6.04. The van der Waals surface area contributed by atoms with Crippen molar-refractivity contribution in [1.29, 1.82) is 0 Å². The zero-order valence-electron chi connectivity index (χ0n) is 16.1. The molecule has 1 amide bonds. The minimum atomic E-state index is -3.62. The van der Waals surface area contributed by atoms with Crippen LogP contribution in [0.25, 0.3) is 11.0 Å². The van der Waals surface area contributed by atoms with Gasteiger partial charge in [-0.25, -0.2) is 17.5 Å². The van der Waals surface area contributed by atoms with Crippen molar-refractivity contribution >= 4 is 32.6 Å². The lowest BCUT2D eigenvalue weighted by molar-refractivity contribution is -0.118. The van der Waals surface area contributed by atoms with E-state index >= 15 is 0 Å². The summed E-state index contributed by atoms with van der Waals surface area (Å²) in [7, 11) is -0.742. The number of hydrogen-bond donors (Lipinski definition) is 1. The highest BCUT2D eigenvalue weighted by Gasteiger charge is 2.18. The van der Waals surface area contributed by atoms with Crippen LogP contribution in [0.2, 0.25) is 0 Å². The molecule has 152 valence electrons. The fourth-order valence-electron chi connectivity index (χ4n) is 2.57. The van der Waals surface area contributed by atoms with Gasteiger partial charge in [0.05, 0.1) is 4.90 Å². The van der Waals surface area contributed by atoms with Crippen LogP contribution in [0.4, 0.5) is 5.69 Å². The molecule has 0 spiro atoms. The highest BCUT2D eigenvalue weighted by Crippen LogP contribution is 2.22. The molecule has 8 nitrogen and oxygen atoms in total. The Balaban J connectivity index is 1.72. The van der Waals surface area contributed by atoms with Crippen molar-refractivity contribution in [2.75, 3.05) is 26.0 Å². The number of ether oxygens (including phenoxy) is 1. The summed E-state index contributed by atoms with van der Waals surface area (Å²) in [4.78, 5) is 23.7. The smallest absolute Gasteiger partial charge is 0.336 e. The van der Waals surface area contributed by atoms with Gasteiger partial charge < -0.3 is 14.5 Å². The summed E-state index contributed by atoms with van der Waals surface area (Å²) in [6.45, 7) is 1.46. The molecule has 1 N–H and O–H groups in total. The van der Waals surface area contributed by atoms with Crippen LogP contribution in [0, 0.1) is 6.92 Å². The Labute approximate surface area is 167 Å². The number of nitrogens with zero attached hydrogens (tertiary/aromatic N) is 1. The Morgan fingerprint density at radius 2 is 1.83 bits per heavy atom. The van der Waals surface area contributed by atoms with Crippen molar-refractivity contribution in [2.45, 2.75) is 11.8 Å². The summed E-state index contributed by atoms with van der Waals surface area (Å²) in [5, 5.41) is 3.39. The highest BCUT2D eigenvalue weighted by atomic mass is 32.2. The third kappa shape index (κ3) is 4.64. The molecule has 2 aromatic carbocycles. The van der Waals surface area contributed by atoms with Crippen LogP contribution in [0.15, 0.2) is 62.6 Å². The van der Waals surface area contributed by atoms with E-state index in [2.05, 4.69) is 5.32 Å². The summed E-state index contributed by atoms with van der Waals surface area (Å²) in [5.41, 5.74) is 0.970. The number of benzene rings is 2. The summed E-state index contributed by atoms with van der Waals surface area (Å²) >= 11 is 0. The van der Waals surface area contributed by atoms with Crippen LogP contribution in [-0.2, 0) is 14.8 Å². The number of rotatable bonds is 6.